The first kappa shape index (κ1) is 14.1. The molecule has 0 aromatic heterocycles. The second kappa shape index (κ2) is 6.72. The van der Waals surface area contributed by atoms with E-state index in [0.29, 0.717) is 17.0 Å². The Morgan fingerprint density at radius 3 is 2.82 bits per heavy atom. The molecule has 1 rings (SSSR count). The highest BCUT2D eigenvalue weighted by Crippen LogP contribution is 2.17. The van der Waals surface area contributed by atoms with Gasteiger partial charge in [0.2, 0.25) is 0 Å². The number of ether oxygens (including phenoxy) is 1. The van der Waals surface area contributed by atoms with Crippen LogP contribution in [0.4, 0.5) is 4.39 Å². The largest absolute Gasteiger partial charge is 0.374 e. The van der Waals surface area contributed by atoms with E-state index >= 15 is 0 Å². The van der Waals surface area contributed by atoms with Gasteiger partial charge in [0, 0.05) is 18.6 Å². The van der Waals surface area contributed by atoms with Crippen molar-refractivity contribution >= 4 is 17.4 Å². The first-order chi connectivity index (χ1) is 8.08. The van der Waals surface area contributed by atoms with Gasteiger partial charge in [0.25, 0.3) is 0 Å². The van der Waals surface area contributed by atoms with Gasteiger partial charge in [0.1, 0.15) is 11.9 Å². The molecule has 0 aliphatic heterocycles. The van der Waals surface area contributed by atoms with Crippen LogP contribution in [0.5, 0.6) is 0 Å². The normalized spacial score (nSPS) is 12.5. The highest BCUT2D eigenvalue weighted by molar-refractivity contribution is 6.30. The second-order valence-electron chi connectivity index (χ2n) is 3.89. The van der Waals surface area contributed by atoms with Crippen molar-refractivity contribution in [2.24, 2.45) is 0 Å². The average molecular weight is 259 g/mol. The van der Waals surface area contributed by atoms with Gasteiger partial charge in [-0.15, -0.1) is 0 Å². The van der Waals surface area contributed by atoms with Crippen LogP contribution >= 0.6 is 11.6 Å². The summed E-state index contributed by atoms with van der Waals surface area (Å²) in [4.78, 5) is 11.9. The molecule has 0 saturated heterocycles. The molecule has 0 fully saturated rings. The first-order valence-electron chi connectivity index (χ1n) is 5.58. The van der Waals surface area contributed by atoms with Gasteiger partial charge in [-0.2, -0.15) is 0 Å². The van der Waals surface area contributed by atoms with Crippen LogP contribution in [0.25, 0.3) is 0 Å². The van der Waals surface area contributed by atoms with E-state index in [0.717, 1.165) is 6.42 Å². The predicted molar refractivity (Wildman–Crippen MR) is 65.8 cm³/mol. The number of hydrogen-bond donors (Lipinski definition) is 0. The fourth-order valence-electron chi connectivity index (χ4n) is 1.65. The van der Waals surface area contributed by atoms with E-state index < -0.39 is 11.9 Å². The van der Waals surface area contributed by atoms with Gasteiger partial charge in [0.15, 0.2) is 5.78 Å². The first-order valence-corrected chi connectivity index (χ1v) is 5.95. The topological polar surface area (TPSA) is 26.3 Å². The van der Waals surface area contributed by atoms with Gasteiger partial charge in [-0.25, -0.2) is 4.39 Å². The summed E-state index contributed by atoms with van der Waals surface area (Å²) in [6, 6.07) is 4.21. The third-order valence-corrected chi connectivity index (χ3v) is 2.80. The number of rotatable bonds is 6. The molecule has 0 radical (unpaired) electrons. The predicted octanol–water partition coefficient (Wildman–Crippen LogP) is 3.41. The number of benzene rings is 1. The van der Waals surface area contributed by atoms with E-state index in [1.165, 1.54) is 25.3 Å². The Bertz CT molecular complexity index is 393. The van der Waals surface area contributed by atoms with Crippen molar-refractivity contribution in [3.8, 4) is 0 Å². The fraction of sp³-hybridized carbons (Fsp3) is 0.462. The van der Waals surface area contributed by atoms with E-state index in [2.05, 4.69) is 0 Å². The summed E-state index contributed by atoms with van der Waals surface area (Å²) in [7, 11) is 1.49. The van der Waals surface area contributed by atoms with Gasteiger partial charge in [-0.1, -0.05) is 24.9 Å². The summed E-state index contributed by atoms with van der Waals surface area (Å²) in [6.07, 6.45) is 1.06. The molecule has 0 aliphatic carbocycles. The SMILES string of the molecule is CCCC(OC)C(=O)Cc1cc(Cl)ccc1F. The summed E-state index contributed by atoms with van der Waals surface area (Å²) in [6.45, 7) is 1.97. The average Bonchev–Trinajstić information content (AvgIpc) is 2.30. The van der Waals surface area contributed by atoms with Crippen LogP contribution in [0.3, 0.4) is 0 Å². The standard InChI is InChI=1S/C13H16ClFO2/c1-3-4-13(17-2)12(16)8-9-7-10(14)5-6-11(9)15/h5-7,13H,3-4,8H2,1-2H3. The van der Waals surface area contributed by atoms with Crippen molar-refractivity contribution in [1.82, 2.24) is 0 Å². The molecule has 2 nitrogen and oxygen atoms in total. The lowest BCUT2D eigenvalue weighted by Gasteiger charge is -2.13. The lowest BCUT2D eigenvalue weighted by atomic mass is 10.0. The number of carbonyl (C=O) groups excluding carboxylic acids is 1. The van der Waals surface area contributed by atoms with Gasteiger partial charge < -0.3 is 4.74 Å². The minimum Gasteiger partial charge on any atom is -0.374 e. The Balaban J connectivity index is 2.76. The third-order valence-electron chi connectivity index (χ3n) is 2.57. The third kappa shape index (κ3) is 4.10. The molecule has 0 N–H and O–H groups in total. The van der Waals surface area contributed by atoms with Crippen LogP contribution in [-0.2, 0) is 16.0 Å². The van der Waals surface area contributed by atoms with Crippen LogP contribution in [0.2, 0.25) is 5.02 Å². The van der Waals surface area contributed by atoms with Crippen molar-refractivity contribution in [2.75, 3.05) is 7.11 Å². The molecule has 1 atom stereocenters. The van der Waals surface area contributed by atoms with Crippen LogP contribution in [0.1, 0.15) is 25.3 Å². The molecule has 0 heterocycles. The minimum absolute atomic E-state index is 0.0187. The lowest BCUT2D eigenvalue weighted by molar-refractivity contribution is -0.128. The van der Waals surface area contributed by atoms with Crippen LogP contribution < -0.4 is 0 Å². The Kier molecular flexibility index (Phi) is 5.59. The molecule has 1 aromatic rings. The maximum atomic E-state index is 13.4. The second-order valence-corrected chi connectivity index (χ2v) is 4.33. The fourth-order valence-corrected chi connectivity index (χ4v) is 1.85. The van der Waals surface area contributed by atoms with E-state index in [9.17, 15) is 9.18 Å². The molecular formula is C13H16ClFO2. The summed E-state index contributed by atoms with van der Waals surface area (Å²) >= 11 is 5.77. The summed E-state index contributed by atoms with van der Waals surface area (Å²) < 4.78 is 18.5. The van der Waals surface area contributed by atoms with Gasteiger partial charge in [-0.05, 0) is 30.2 Å². The molecule has 0 bridgehead atoms. The molecule has 4 heteroatoms. The molecule has 17 heavy (non-hydrogen) atoms. The summed E-state index contributed by atoms with van der Waals surface area (Å²) in [5, 5.41) is 0.429. The molecule has 0 spiro atoms. The molecule has 0 aliphatic rings. The van der Waals surface area contributed by atoms with Crippen LogP contribution in [0, 0.1) is 5.82 Å². The molecule has 0 saturated carbocycles. The Morgan fingerprint density at radius 1 is 1.53 bits per heavy atom. The van der Waals surface area contributed by atoms with E-state index in [1.807, 2.05) is 6.92 Å². The van der Waals surface area contributed by atoms with Crippen LogP contribution in [-0.4, -0.2) is 19.0 Å². The molecular weight excluding hydrogens is 243 g/mol. The number of carbonyl (C=O) groups is 1. The maximum Gasteiger partial charge on any atom is 0.165 e. The summed E-state index contributed by atoms with van der Waals surface area (Å²) in [5.41, 5.74) is 0.320. The van der Waals surface area contributed by atoms with Gasteiger partial charge in [-0.3, -0.25) is 4.79 Å². The quantitative estimate of drug-likeness (QED) is 0.782. The number of Topliss-reactive ketones (excluding diaryl/α,β-unsaturated/α-hetero) is 1. The Morgan fingerprint density at radius 2 is 2.24 bits per heavy atom. The number of hydrogen-bond acceptors (Lipinski definition) is 2. The highest BCUT2D eigenvalue weighted by atomic mass is 35.5. The lowest BCUT2D eigenvalue weighted by Crippen LogP contribution is -2.24. The van der Waals surface area contributed by atoms with E-state index in [1.54, 1.807) is 0 Å². The highest BCUT2D eigenvalue weighted by Gasteiger charge is 2.18. The maximum absolute atomic E-state index is 13.4. The molecule has 1 aromatic carbocycles. The zero-order chi connectivity index (χ0) is 12.8. The monoisotopic (exact) mass is 258 g/mol. The van der Waals surface area contributed by atoms with Crippen molar-refractivity contribution in [1.29, 1.82) is 0 Å². The van der Waals surface area contributed by atoms with E-state index in [4.69, 9.17) is 16.3 Å². The summed E-state index contributed by atoms with van der Waals surface area (Å²) in [5.74, 6) is -0.524. The minimum atomic E-state index is -0.460. The Hall–Kier alpha value is -0.930. The van der Waals surface area contributed by atoms with Crippen molar-refractivity contribution in [3.63, 3.8) is 0 Å². The van der Waals surface area contributed by atoms with Crippen LogP contribution in [0.15, 0.2) is 18.2 Å². The van der Waals surface area contributed by atoms with Crippen molar-refractivity contribution < 1.29 is 13.9 Å². The zero-order valence-corrected chi connectivity index (χ0v) is 10.8. The Labute approximate surface area is 106 Å². The van der Waals surface area contributed by atoms with E-state index in [-0.39, 0.29) is 12.2 Å². The van der Waals surface area contributed by atoms with Crippen molar-refractivity contribution in [2.45, 2.75) is 32.3 Å². The number of ketones is 1. The number of halogens is 2. The van der Waals surface area contributed by atoms with Gasteiger partial charge >= 0.3 is 0 Å². The molecule has 0 amide bonds. The van der Waals surface area contributed by atoms with Crippen molar-refractivity contribution in [3.05, 3.63) is 34.6 Å². The smallest absolute Gasteiger partial charge is 0.165 e. The van der Waals surface area contributed by atoms with Gasteiger partial charge in [0.05, 0.1) is 0 Å². The molecule has 94 valence electrons. The zero-order valence-electron chi connectivity index (χ0n) is 10.0. The molecule has 1 unspecified atom stereocenters. The number of methoxy groups -OCH3 is 1.